The van der Waals surface area contributed by atoms with Crippen molar-refractivity contribution >= 4 is 21.0 Å². The number of aromatic nitrogens is 2. The first-order chi connectivity index (χ1) is 6.43. The molecule has 0 aliphatic rings. The van der Waals surface area contributed by atoms with Crippen molar-refractivity contribution in [3.05, 3.63) is 24.3 Å². The maximum atomic E-state index is 11.0. The summed E-state index contributed by atoms with van der Waals surface area (Å²) in [5.74, 6) is -1.39. The molecular weight excluding hydrogens is 212 g/mol. The summed E-state index contributed by atoms with van der Waals surface area (Å²) >= 11 is 0. The summed E-state index contributed by atoms with van der Waals surface area (Å²) in [6.45, 7) is 0. The molecule has 74 valence electrons. The molecule has 0 atom stereocenters. The molecule has 0 radical (unpaired) electrons. The predicted octanol–water partition coefficient (Wildman–Crippen LogP) is -0.926. The van der Waals surface area contributed by atoms with Crippen LogP contribution in [0.3, 0.4) is 0 Å². The normalized spacial score (nSPS) is 10.9. The molecule has 1 heterocycles. The van der Waals surface area contributed by atoms with Gasteiger partial charge in [0.2, 0.25) is 0 Å². The minimum absolute atomic E-state index is 0.386. The van der Waals surface area contributed by atoms with Gasteiger partial charge in [0.15, 0.2) is 0 Å². The molecular formula is C6H4N2O5S. The van der Waals surface area contributed by atoms with Crippen molar-refractivity contribution in [2.75, 3.05) is 0 Å². The molecule has 0 saturated heterocycles. The molecule has 0 spiro atoms. The molecule has 0 amide bonds. The summed E-state index contributed by atoms with van der Waals surface area (Å²) in [7, 11) is -5.00. The third-order valence-electron chi connectivity index (χ3n) is 1.23. The number of Topliss-reactive ketones (excluding diaryl/α,β-unsaturated/α-hetero) is 1. The zero-order chi connectivity index (χ0) is 10.8. The molecule has 1 aromatic rings. The number of hydrogen-bond acceptors (Lipinski definition) is 6. The van der Waals surface area contributed by atoms with Crippen molar-refractivity contribution < 1.29 is 22.6 Å². The van der Waals surface area contributed by atoms with E-state index in [9.17, 15) is 18.0 Å². The maximum absolute atomic E-state index is 11.0. The molecule has 7 nitrogen and oxygen atoms in total. The Morgan fingerprint density at radius 2 is 2.00 bits per heavy atom. The van der Waals surface area contributed by atoms with E-state index in [2.05, 4.69) is 9.97 Å². The molecule has 14 heavy (non-hydrogen) atoms. The quantitative estimate of drug-likeness (QED) is 0.386. The van der Waals surface area contributed by atoms with Crippen LogP contribution in [-0.4, -0.2) is 33.8 Å². The Bertz CT molecular complexity index is 466. The summed E-state index contributed by atoms with van der Waals surface area (Å²) in [5.41, 5.74) is -0.386. The van der Waals surface area contributed by atoms with Crippen molar-refractivity contribution in [1.29, 1.82) is 0 Å². The van der Waals surface area contributed by atoms with Gasteiger partial charge >= 0.3 is 15.2 Å². The van der Waals surface area contributed by atoms with Crippen molar-refractivity contribution in [2.45, 2.75) is 0 Å². The highest BCUT2D eigenvalue weighted by Crippen LogP contribution is 1.98. The molecule has 0 unspecified atom stereocenters. The van der Waals surface area contributed by atoms with E-state index in [4.69, 9.17) is 4.55 Å². The van der Waals surface area contributed by atoms with Crippen LogP contribution in [0.2, 0.25) is 0 Å². The van der Waals surface area contributed by atoms with Gasteiger partial charge in [-0.25, -0.2) is 9.97 Å². The second-order valence-electron chi connectivity index (χ2n) is 2.19. The van der Waals surface area contributed by atoms with Crippen LogP contribution in [0.1, 0.15) is 10.5 Å². The van der Waals surface area contributed by atoms with Crippen LogP contribution in [0.25, 0.3) is 0 Å². The number of hydrogen-bond donors (Lipinski definition) is 1. The monoisotopic (exact) mass is 216 g/mol. The topological polar surface area (TPSA) is 114 Å². The maximum Gasteiger partial charge on any atom is 0.345 e. The number of carbonyl (C=O) groups excluding carboxylic acids is 2. The van der Waals surface area contributed by atoms with Gasteiger partial charge in [-0.2, -0.15) is 8.42 Å². The fourth-order valence-electron chi connectivity index (χ4n) is 0.647. The summed E-state index contributed by atoms with van der Waals surface area (Å²) in [6, 6.07) is 1.06. The van der Waals surface area contributed by atoms with Crippen LogP contribution in [0.4, 0.5) is 0 Å². The first-order valence-corrected chi connectivity index (χ1v) is 4.69. The van der Waals surface area contributed by atoms with E-state index in [0.29, 0.717) is 0 Å². The van der Waals surface area contributed by atoms with Crippen LogP contribution in [-0.2, 0) is 14.9 Å². The highest BCUT2D eigenvalue weighted by molar-refractivity contribution is 8.03. The Kier molecular flexibility index (Phi) is 2.68. The number of nitrogens with zero attached hydrogens (tertiary/aromatic N) is 2. The molecule has 0 bridgehead atoms. The Hall–Kier alpha value is -1.67. The largest absolute Gasteiger partial charge is 0.345 e. The molecule has 0 aliphatic carbocycles. The molecule has 8 heteroatoms. The Balaban J connectivity index is 3.05. The van der Waals surface area contributed by atoms with Gasteiger partial charge in [-0.15, -0.1) is 0 Å². The van der Waals surface area contributed by atoms with Crippen LogP contribution >= 0.6 is 0 Å². The Morgan fingerprint density at radius 1 is 1.36 bits per heavy atom. The van der Waals surface area contributed by atoms with Gasteiger partial charge in [0.25, 0.3) is 5.78 Å². The number of carbonyl (C=O) groups is 2. The summed E-state index contributed by atoms with van der Waals surface area (Å²) in [5, 5.41) is -1.91. The third kappa shape index (κ3) is 2.18. The summed E-state index contributed by atoms with van der Waals surface area (Å²) in [6.07, 6.45) is 2.14. The van der Waals surface area contributed by atoms with Gasteiger partial charge in [-0.3, -0.25) is 14.1 Å². The lowest BCUT2D eigenvalue weighted by Gasteiger charge is -1.94. The van der Waals surface area contributed by atoms with E-state index in [-0.39, 0.29) is 5.69 Å². The molecule has 1 rings (SSSR count). The SMILES string of the molecule is O=C(C(=O)S(=O)(=O)O)c1ccncn1. The first-order valence-electron chi connectivity index (χ1n) is 3.25. The van der Waals surface area contributed by atoms with Crippen LogP contribution in [0.15, 0.2) is 18.6 Å². The highest BCUT2D eigenvalue weighted by atomic mass is 32.2. The number of ketones is 1. The fourth-order valence-corrected chi connectivity index (χ4v) is 0.986. The van der Waals surface area contributed by atoms with Gasteiger partial charge in [0, 0.05) is 6.20 Å². The van der Waals surface area contributed by atoms with Gasteiger partial charge in [-0.1, -0.05) is 0 Å². The standard InChI is InChI=1S/C6H4N2O5S/c9-5(6(10)14(11,12)13)4-1-2-7-3-8-4/h1-3H,(H,11,12,13). The van der Waals surface area contributed by atoms with Gasteiger partial charge in [0.1, 0.15) is 12.0 Å². The van der Waals surface area contributed by atoms with E-state index in [1.165, 1.54) is 0 Å². The number of rotatable bonds is 2. The smallest absolute Gasteiger partial charge is 0.282 e. The van der Waals surface area contributed by atoms with Crippen LogP contribution in [0.5, 0.6) is 0 Å². The highest BCUT2D eigenvalue weighted by Gasteiger charge is 2.29. The third-order valence-corrected chi connectivity index (χ3v) is 1.89. The molecule has 0 saturated carbocycles. The summed E-state index contributed by atoms with van der Waals surface area (Å²) < 4.78 is 28.9. The average Bonchev–Trinajstić information content (AvgIpc) is 2.15. The van der Waals surface area contributed by atoms with E-state index < -0.39 is 21.0 Å². The molecule has 0 aliphatic heterocycles. The Morgan fingerprint density at radius 3 is 2.43 bits per heavy atom. The minimum atomic E-state index is -5.00. The van der Waals surface area contributed by atoms with Gasteiger partial charge in [0.05, 0.1) is 0 Å². The van der Waals surface area contributed by atoms with Crippen LogP contribution < -0.4 is 0 Å². The van der Waals surface area contributed by atoms with E-state index in [1.807, 2.05) is 0 Å². The fraction of sp³-hybridized carbons (Fsp3) is 0. The molecule has 1 aromatic heterocycles. The first kappa shape index (κ1) is 10.4. The van der Waals surface area contributed by atoms with E-state index in [0.717, 1.165) is 18.6 Å². The van der Waals surface area contributed by atoms with Gasteiger partial charge < -0.3 is 0 Å². The van der Waals surface area contributed by atoms with E-state index in [1.54, 1.807) is 0 Å². The molecule has 1 N–H and O–H groups in total. The lowest BCUT2D eigenvalue weighted by Crippen LogP contribution is -2.24. The van der Waals surface area contributed by atoms with Crippen molar-refractivity contribution in [3.8, 4) is 0 Å². The second-order valence-corrected chi connectivity index (χ2v) is 3.51. The minimum Gasteiger partial charge on any atom is -0.282 e. The molecule has 0 fully saturated rings. The van der Waals surface area contributed by atoms with Crippen molar-refractivity contribution in [1.82, 2.24) is 9.97 Å². The van der Waals surface area contributed by atoms with E-state index >= 15 is 0 Å². The predicted molar refractivity (Wildman–Crippen MR) is 42.9 cm³/mol. The lowest BCUT2D eigenvalue weighted by molar-refractivity contribution is -0.108. The van der Waals surface area contributed by atoms with Crippen LogP contribution in [0, 0.1) is 0 Å². The summed E-state index contributed by atoms with van der Waals surface area (Å²) in [4.78, 5) is 28.5. The van der Waals surface area contributed by atoms with Crippen molar-refractivity contribution in [3.63, 3.8) is 0 Å². The Labute approximate surface area is 78.6 Å². The van der Waals surface area contributed by atoms with Gasteiger partial charge in [-0.05, 0) is 6.07 Å². The van der Waals surface area contributed by atoms with Crippen molar-refractivity contribution in [2.24, 2.45) is 0 Å². The molecule has 0 aromatic carbocycles. The zero-order valence-electron chi connectivity index (χ0n) is 6.61. The second kappa shape index (κ2) is 3.60. The average molecular weight is 216 g/mol. The zero-order valence-corrected chi connectivity index (χ0v) is 7.43. The lowest BCUT2D eigenvalue weighted by atomic mass is 10.3.